The van der Waals surface area contributed by atoms with Crippen LogP contribution in [0.25, 0.3) is 0 Å². The Bertz CT molecular complexity index is 889. The summed E-state index contributed by atoms with van der Waals surface area (Å²) in [6, 6.07) is 6.17. The van der Waals surface area contributed by atoms with Gasteiger partial charge in [0.05, 0.1) is 29.2 Å². The summed E-state index contributed by atoms with van der Waals surface area (Å²) in [6.07, 6.45) is 6.62. The largest absolute Gasteiger partial charge is 0.466 e. The molecule has 1 fully saturated rings. The van der Waals surface area contributed by atoms with Crippen LogP contribution >= 0.6 is 11.6 Å². The summed E-state index contributed by atoms with van der Waals surface area (Å²) in [5.41, 5.74) is 0.473. The summed E-state index contributed by atoms with van der Waals surface area (Å²) in [6.45, 7) is 4.37. The normalized spacial score (nSPS) is 26.2. The average molecular weight is 477 g/mol. The molecular weight excluding hydrogens is 444 g/mol. The summed E-state index contributed by atoms with van der Waals surface area (Å²) < 4.78 is 5.36. The number of hydrogen-bond acceptors (Lipinski definition) is 5. The molecule has 1 aromatic rings. The summed E-state index contributed by atoms with van der Waals surface area (Å²) in [7, 11) is 0. The second-order valence-electron chi connectivity index (χ2n) is 8.59. The number of unbranched alkanes of at least 4 members (excludes halogenated alkanes) is 1. The Kier molecular flexibility index (Phi) is 8.92. The first-order valence-electron chi connectivity index (χ1n) is 11.8. The molecule has 0 bridgehead atoms. The lowest BCUT2D eigenvalue weighted by Crippen LogP contribution is -2.44. The molecule has 2 aliphatic rings. The fraction of sp³-hybridized carbons (Fsp3) is 0.560. The molecule has 1 saturated heterocycles. The second kappa shape index (κ2) is 11.7. The van der Waals surface area contributed by atoms with Gasteiger partial charge in [-0.15, -0.1) is 0 Å². The molecule has 0 spiro atoms. The summed E-state index contributed by atoms with van der Waals surface area (Å²) in [4.78, 5) is 41.7. The van der Waals surface area contributed by atoms with E-state index < -0.39 is 23.8 Å². The number of nitrogens with zero attached hydrogens (tertiary/aromatic N) is 1. The Morgan fingerprint density at radius 1 is 1.18 bits per heavy atom. The number of halogens is 1. The highest BCUT2D eigenvalue weighted by atomic mass is 35.5. The smallest absolute Gasteiger partial charge is 0.310 e. The molecule has 1 aromatic carbocycles. The van der Waals surface area contributed by atoms with Gasteiger partial charge in [0.2, 0.25) is 11.8 Å². The maximum absolute atomic E-state index is 13.7. The fourth-order valence-electron chi connectivity index (χ4n) is 5.07. The zero-order valence-electron chi connectivity index (χ0n) is 19.2. The third-order valence-corrected chi connectivity index (χ3v) is 6.83. The number of fused-ring (bicyclic) bond motifs is 1. The van der Waals surface area contributed by atoms with Crippen molar-refractivity contribution in [1.29, 1.82) is 0 Å². The minimum absolute atomic E-state index is 0.00923. The van der Waals surface area contributed by atoms with Gasteiger partial charge in [0.25, 0.3) is 0 Å². The third kappa shape index (κ3) is 5.41. The maximum Gasteiger partial charge on any atom is 0.310 e. The summed E-state index contributed by atoms with van der Waals surface area (Å²) in [5.74, 6) is -2.76. The molecule has 0 unspecified atom stereocenters. The van der Waals surface area contributed by atoms with Gasteiger partial charge in [-0.2, -0.15) is 0 Å². The number of ether oxygens (including phenoxy) is 1. The Morgan fingerprint density at radius 3 is 2.61 bits per heavy atom. The molecule has 7 nitrogen and oxygen atoms in total. The number of anilines is 1. The lowest BCUT2D eigenvalue weighted by molar-refractivity contribution is -0.155. The van der Waals surface area contributed by atoms with Crippen LogP contribution in [0.5, 0.6) is 0 Å². The van der Waals surface area contributed by atoms with Crippen LogP contribution in [0, 0.1) is 23.7 Å². The summed E-state index contributed by atoms with van der Waals surface area (Å²) >= 11 is 6.23. The van der Waals surface area contributed by atoms with Crippen molar-refractivity contribution in [2.24, 2.45) is 23.7 Å². The number of aliphatic hydroxyl groups excluding tert-OH is 1. The predicted octanol–water partition coefficient (Wildman–Crippen LogP) is 3.66. The number of allylic oxidation sites excluding steroid dienone is 1. The van der Waals surface area contributed by atoms with Crippen molar-refractivity contribution < 1.29 is 24.2 Å². The van der Waals surface area contributed by atoms with Crippen LogP contribution in [0.3, 0.4) is 0 Å². The van der Waals surface area contributed by atoms with Gasteiger partial charge in [-0.3, -0.25) is 14.4 Å². The van der Waals surface area contributed by atoms with Gasteiger partial charge in [0.1, 0.15) is 6.04 Å². The molecule has 3 rings (SSSR count). The molecular formula is C25H33ClN2O5. The molecule has 33 heavy (non-hydrogen) atoms. The highest BCUT2D eigenvalue weighted by Gasteiger charge is 2.57. The standard InChI is InChI=1S/C25H33ClN2O5/c1-3-9-16-12-13-17-21(20(16)25(32)33-4-2)24(31)28(14-7-8-15-29)22(17)23(30)27-19-11-6-5-10-18(19)26/h5-6,10-13,16-17,20-22,29H,3-4,7-9,14-15H2,1-2H3,(H,27,30)/t16-,17+,20-,21+,22+/m1/s1. The van der Waals surface area contributed by atoms with E-state index in [9.17, 15) is 19.5 Å². The van der Waals surface area contributed by atoms with Crippen molar-refractivity contribution in [3.8, 4) is 0 Å². The number of amides is 2. The molecule has 180 valence electrons. The van der Waals surface area contributed by atoms with Crippen LogP contribution in [0.2, 0.25) is 5.02 Å². The number of benzene rings is 1. The Balaban J connectivity index is 1.96. The number of nitrogens with one attached hydrogen (secondary N) is 1. The minimum atomic E-state index is -0.770. The zero-order chi connectivity index (χ0) is 24.0. The van der Waals surface area contributed by atoms with Crippen LogP contribution in [0.4, 0.5) is 5.69 Å². The molecule has 2 amide bonds. The number of carbonyl (C=O) groups is 3. The van der Waals surface area contributed by atoms with E-state index in [0.717, 1.165) is 12.8 Å². The molecule has 5 atom stereocenters. The van der Waals surface area contributed by atoms with Crippen LogP contribution in [0.1, 0.15) is 39.5 Å². The monoisotopic (exact) mass is 476 g/mol. The molecule has 8 heteroatoms. The van der Waals surface area contributed by atoms with Crippen molar-refractivity contribution in [3.05, 3.63) is 41.4 Å². The van der Waals surface area contributed by atoms with Crippen molar-refractivity contribution in [2.75, 3.05) is 25.1 Å². The van der Waals surface area contributed by atoms with Crippen molar-refractivity contribution >= 4 is 35.1 Å². The van der Waals surface area contributed by atoms with E-state index in [0.29, 0.717) is 30.1 Å². The van der Waals surface area contributed by atoms with E-state index in [1.54, 1.807) is 36.1 Å². The third-order valence-electron chi connectivity index (χ3n) is 6.50. The second-order valence-corrected chi connectivity index (χ2v) is 9.00. The molecule has 2 N–H and O–H groups in total. The van der Waals surface area contributed by atoms with Gasteiger partial charge in [-0.1, -0.05) is 49.2 Å². The first-order valence-corrected chi connectivity index (χ1v) is 12.1. The van der Waals surface area contributed by atoms with Gasteiger partial charge >= 0.3 is 5.97 Å². The number of esters is 1. The van der Waals surface area contributed by atoms with Crippen LogP contribution in [-0.2, 0) is 19.1 Å². The highest BCUT2D eigenvalue weighted by Crippen LogP contribution is 2.46. The topological polar surface area (TPSA) is 95.9 Å². The average Bonchev–Trinajstić information content (AvgIpc) is 3.07. The Morgan fingerprint density at radius 2 is 1.94 bits per heavy atom. The van der Waals surface area contributed by atoms with E-state index in [4.69, 9.17) is 16.3 Å². The lowest BCUT2D eigenvalue weighted by atomic mass is 9.69. The quantitative estimate of drug-likeness (QED) is 0.305. The molecule has 1 aliphatic carbocycles. The van der Waals surface area contributed by atoms with Crippen molar-refractivity contribution in [3.63, 3.8) is 0 Å². The van der Waals surface area contributed by atoms with E-state index in [-0.39, 0.29) is 36.9 Å². The maximum atomic E-state index is 13.7. The minimum Gasteiger partial charge on any atom is -0.466 e. The SMILES string of the molecule is CCC[C@@H]1C=C[C@H]2[C@H](C(=O)N(CCCCO)[C@@H]2C(=O)Nc2ccccc2Cl)[C@@H]1C(=O)OCC. The van der Waals surface area contributed by atoms with Crippen molar-refractivity contribution in [1.82, 2.24) is 4.90 Å². The van der Waals surface area contributed by atoms with Crippen molar-refractivity contribution in [2.45, 2.75) is 45.6 Å². The molecule has 0 radical (unpaired) electrons. The molecule has 1 aliphatic heterocycles. The van der Waals surface area contributed by atoms with Crippen LogP contribution in [0.15, 0.2) is 36.4 Å². The number of aliphatic hydroxyl groups is 1. The van der Waals surface area contributed by atoms with Crippen LogP contribution in [-0.4, -0.2) is 53.6 Å². The molecule has 0 saturated carbocycles. The fourth-order valence-corrected chi connectivity index (χ4v) is 5.25. The molecule has 1 heterocycles. The zero-order valence-corrected chi connectivity index (χ0v) is 20.0. The number of likely N-dealkylation sites (tertiary alicyclic amines) is 1. The number of carbonyl (C=O) groups excluding carboxylic acids is 3. The Hall–Kier alpha value is -2.38. The van der Waals surface area contributed by atoms with Gasteiger partial charge in [-0.05, 0) is 44.2 Å². The molecule has 0 aromatic heterocycles. The van der Waals surface area contributed by atoms with Gasteiger partial charge < -0.3 is 20.1 Å². The van der Waals surface area contributed by atoms with E-state index in [1.807, 2.05) is 19.1 Å². The van der Waals surface area contributed by atoms with E-state index in [2.05, 4.69) is 5.32 Å². The first kappa shape index (κ1) is 25.2. The predicted molar refractivity (Wildman–Crippen MR) is 127 cm³/mol. The summed E-state index contributed by atoms with van der Waals surface area (Å²) in [5, 5.41) is 12.5. The number of para-hydroxylation sites is 1. The highest BCUT2D eigenvalue weighted by molar-refractivity contribution is 6.33. The Labute approximate surface area is 200 Å². The van der Waals surface area contributed by atoms with Gasteiger partial charge in [-0.25, -0.2) is 0 Å². The van der Waals surface area contributed by atoms with Gasteiger partial charge in [0, 0.05) is 19.1 Å². The van der Waals surface area contributed by atoms with E-state index >= 15 is 0 Å². The van der Waals surface area contributed by atoms with E-state index in [1.165, 1.54) is 0 Å². The number of hydrogen-bond donors (Lipinski definition) is 2. The van der Waals surface area contributed by atoms with Gasteiger partial charge in [0.15, 0.2) is 0 Å². The lowest BCUT2D eigenvalue weighted by Gasteiger charge is -2.33. The first-order chi connectivity index (χ1) is 15.9. The number of rotatable bonds is 10. The van der Waals surface area contributed by atoms with Crippen LogP contribution < -0.4 is 5.32 Å².